The number of Topliss-reactive ketones (excluding diaryl/α,β-unsaturated/α-hetero) is 1. The summed E-state index contributed by atoms with van der Waals surface area (Å²) in [4.78, 5) is 43.2. The highest BCUT2D eigenvalue weighted by Gasteiger charge is 2.84. The van der Waals surface area contributed by atoms with E-state index in [2.05, 4.69) is 10.2 Å². The van der Waals surface area contributed by atoms with E-state index in [1.165, 1.54) is 6.07 Å². The number of nitrogens with two attached hydrogens (primary N) is 1. The van der Waals surface area contributed by atoms with Gasteiger partial charge in [-0.1, -0.05) is 18.2 Å². The smallest absolute Gasteiger partial charge is 0.253 e. The molecule has 6 rings (SSSR count). The van der Waals surface area contributed by atoms with E-state index in [9.17, 15) is 34.8 Å². The van der Waals surface area contributed by atoms with E-state index in [1.807, 2.05) is 20.2 Å². The van der Waals surface area contributed by atoms with Gasteiger partial charge in [0.2, 0.25) is 5.79 Å². The number of ketones is 1. The Balaban J connectivity index is 1.37. The van der Waals surface area contributed by atoms with Gasteiger partial charge in [0, 0.05) is 23.6 Å². The Hall–Kier alpha value is -4.23. The Labute approximate surface area is 266 Å². The average molecular weight is 633 g/mol. The summed E-state index contributed by atoms with van der Waals surface area (Å²) in [7, 11) is 7.37. The summed E-state index contributed by atoms with van der Waals surface area (Å²) in [5.41, 5.74) is 5.48. The number of amides is 2. The van der Waals surface area contributed by atoms with Gasteiger partial charge in [-0.15, -0.1) is 0 Å². The van der Waals surface area contributed by atoms with Gasteiger partial charge in [0.15, 0.2) is 11.4 Å². The van der Waals surface area contributed by atoms with Gasteiger partial charge in [0.25, 0.3) is 11.8 Å². The molecule has 1 fully saturated rings. The van der Waals surface area contributed by atoms with Gasteiger partial charge in [-0.25, -0.2) is 0 Å². The Morgan fingerprint density at radius 2 is 1.83 bits per heavy atom. The zero-order valence-corrected chi connectivity index (χ0v) is 26.3. The minimum absolute atomic E-state index is 0.0126. The predicted octanol–water partition coefficient (Wildman–Crippen LogP) is 2.02. The number of nitrogens with one attached hydrogen (secondary N) is 1. The number of phenols is 1. The number of rotatable bonds is 9. The minimum atomic E-state index is -2.40. The number of nitrogens with zero attached hydrogens (tertiary/aromatic N) is 2. The number of primary amides is 1. The lowest BCUT2D eigenvalue weighted by atomic mass is 9.60. The number of fused-ring (bicyclic) bond motifs is 2. The molecule has 0 saturated carbocycles. The van der Waals surface area contributed by atoms with Crippen LogP contribution in [-0.2, 0) is 16.0 Å². The van der Waals surface area contributed by atoms with Gasteiger partial charge >= 0.3 is 0 Å². The van der Waals surface area contributed by atoms with Crippen LogP contribution < -0.4 is 11.1 Å². The van der Waals surface area contributed by atoms with E-state index < -0.39 is 58.0 Å². The van der Waals surface area contributed by atoms with Gasteiger partial charge in [0.05, 0.1) is 11.6 Å². The van der Waals surface area contributed by atoms with Crippen molar-refractivity contribution in [3.8, 4) is 16.9 Å². The fourth-order valence-electron chi connectivity index (χ4n) is 7.82. The second-order valence-corrected chi connectivity index (χ2v) is 13.2. The van der Waals surface area contributed by atoms with Crippen LogP contribution in [0.2, 0.25) is 0 Å². The fourth-order valence-corrected chi connectivity index (χ4v) is 7.82. The molecule has 2 aromatic rings. The molecule has 0 radical (unpaired) electrons. The highest BCUT2D eigenvalue weighted by Crippen LogP contribution is 2.68. The number of epoxide rings is 1. The van der Waals surface area contributed by atoms with Crippen LogP contribution in [0.5, 0.6) is 5.75 Å². The van der Waals surface area contributed by atoms with Gasteiger partial charge in [-0.2, -0.15) is 0 Å². The van der Waals surface area contributed by atoms with Crippen molar-refractivity contribution in [2.24, 2.45) is 17.6 Å². The number of unbranched alkanes of at least 4 members (excludes halogenated alkanes) is 1. The lowest BCUT2D eigenvalue weighted by Gasteiger charge is -2.46. The summed E-state index contributed by atoms with van der Waals surface area (Å²) in [5, 5.41) is 48.2. The number of hydrogen-bond acceptors (Lipinski definition) is 10. The van der Waals surface area contributed by atoms with Gasteiger partial charge in [0.1, 0.15) is 22.8 Å². The van der Waals surface area contributed by atoms with E-state index in [0.717, 1.165) is 19.4 Å². The molecule has 1 saturated heterocycles. The molecule has 12 heteroatoms. The van der Waals surface area contributed by atoms with Crippen molar-refractivity contribution in [3.05, 3.63) is 75.8 Å². The maximum atomic E-state index is 14.1. The summed E-state index contributed by atoms with van der Waals surface area (Å²) >= 11 is 0. The van der Waals surface area contributed by atoms with Crippen LogP contribution in [0.1, 0.15) is 45.5 Å². The number of aliphatic hydroxyl groups is 3. The van der Waals surface area contributed by atoms with Crippen molar-refractivity contribution in [3.63, 3.8) is 0 Å². The SMILES string of the molecule is CN(C)CCCCNC(=O)c1cccc(-c2ccc(O)c3c2C[C@H]2C[C@H]4[C@H](N(C)C)C(O)=C(C(N)=O)C5(O)O[C@]45C(O)=C2C3=O)c1. The van der Waals surface area contributed by atoms with Crippen molar-refractivity contribution in [1.82, 2.24) is 15.1 Å². The summed E-state index contributed by atoms with van der Waals surface area (Å²) in [5.74, 6) is -6.90. The van der Waals surface area contributed by atoms with E-state index >= 15 is 0 Å². The molecule has 46 heavy (non-hydrogen) atoms. The van der Waals surface area contributed by atoms with Gasteiger partial charge in [-0.3, -0.25) is 19.3 Å². The molecule has 7 N–H and O–H groups in total. The molecule has 1 spiro atoms. The molecular formula is C34H40N4O8. The van der Waals surface area contributed by atoms with Crippen molar-refractivity contribution in [2.75, 3.05) is 41.3 Å². The third-order valence-corrected chi connectivity index (χ3v) is 9.87. The number of likely N-dealkylation sites (N-methyl/N-ethyl adjacent to an activating group) is 1. The lowest BCUT2D eigenvalue weighted by Crippen LogP contribution is -2.57. The Bertz CT molecular complexity index is 1710. The first-order chi connectivity index (χ1) is 21.7. The topological polar surface area (TPSA) is 189 Å². The highest BCUT2D eigenvalue weighted by molar-refractivity contribution is 6.14. The highest BCUT2D eigenvalue weighted by atomic mass is 16.8. The number of benzene rings is 2. The van der Waals surface area contributed by atoms with Crippen molar-refractivity contribution in [1.29, 1.82) is 0 Å². The molecule has 244 valence electrons. The van der Waals surface area contributed by atoms with Crippen LogP contribution >= 0.6 is 0 Å². The molecule has 2 amide bonds. The maximum Gasteiger partial charge on any atom is 0.253 e. The Morgan fingerprint density at radius 1 is 1.09 bits per heavy atom. The van der Waals surface area contributed by atoms with Crippen LogP contribution in [0, 0.1) is 11.8 Å². The summed E-state index contributed by atoms with van der Waals surface area (Å²) in [6, 6.07) is 9.33. The molecule has 1 heterocycles. The van der Waals surface area contributed by atoms with E-state index in [1.54, 1.807) is 43.3 Å². The molecule has 0 aromatic heterocycles. The molecule has 2 aromatic carbocycles. The second kappa shape index (κ2) is 11.2. The predicted molar refractivity (Wildman–Crippen MR) is 168 cm³/mol. The summed E-state index contributed by atoms with van der Waals surface area (Å²) in [6.45, 7) is 1.48. The third kappa shape index (κ3) is 4.62. The van der Waals surface area contributed by atoms with E-state index in [-0.39, 0.29) is 35.6 Å². The lowest BCUT2D eigenvalue weighted by molar-refractivity contribution is -0.117. The number of carbonyl (C=O) groups excluding carboxylic acids is 3. The molecule has 1 aliphatic heterocycles. The van der Waals surface area contributed by atoms with E-state index in [0.29, 0.717) is 28.8 Å². The van der Waals surface area contributed by atoms with Crippen LogP contribution in [0.15, 0.2) is 59.1 Å². The number of aliphatic hydroxyl groups excluding tert-OH is 2. The van der Waals surface area contributed by atoms with Gasteiger partial charge in [-0.05, 0) is 101 Å². The quantitative estimate of drug-likeness (QED) is 0.176. The van der Waals surface area contributed by atoms with Crippen molar-refractivity contribution < 1.29 is 39.5 Å². The molecule has 5 atom stereocenters. The second-order valence-electron chi connectivity index (χ2n) is 13.2. The number of allylic oxidation sites excluding steroid dienone is 1. The standard InChI is InChI=1S/C34H40N4O8/c1-37(2)13-6-5-12-36-32(44)18-9-7-8-17(14-18)20-10-11-23(39)25-21(20)15-19-16-22-27(38(3)4)29(41)26(31(35)43)34(45)33(22,46-34)30(42)24(19)28(25)40/h7-11,14,19,22,27,39,41-42,45H,5-6,12-13,15-16H2,1-4H3,(H2,35,43)(H,36,44)/t19-,22-,27-,33-,34?/m0/s1. The number of phenolic OH excluding ortho intramolecular Hbond substituents is 1. The summed E-state index contributed by atoms with van der Waals surface area (Å²) < 4.78 is 5.74. The number of carbonyl (C=O) groups is 3. The molecule has 12 nitrogen and oxygen atoms in total. The Morgan fingerprint density at radius 3 is 2.50 bits per heavy atom. The largest absolute Gasteiger partial charge is 0.510 e. The molecule has 1 unspecified atom stereocenters. The Kier molecular flexibility index (Phi) is 7.75. The fraction of sp³-hybridized carbons (Fsp3) is 0.441. The third-order valence-electron chi connectivity index (χ3n) is 9.87. The summed E-state index contributed by atoms with van der Waals surface area (Å²) in [6.07, 6.45) is 2.25. The maximum absolute atomic E-state index is 14.1. The molecule has 4 aliphatic rings. The van der Waals surface area contributed by atoms with E-state index in [4.69, 9.17) is 10.5 Å². The average Bonchev–Trinajstić information content (AvgIpc) is 3.62. The number of aromatic hydroxyl groups is 1. The first kappa shape index (κ1) is 31.7. The van der Waals surface area contributed by atoms with Gasteiger partial charge < -0.3 is 41.1 Å². The van der Waals surface area contributed by atoms with Crippen LogP contribution in [0.25, 0.3) is 11.1 Å². The minimum Gasteiger partial charge on any atom is -0.510 e. The first-order valence-electron chi connectivity index (χ1n) is 15.4. The molecular weight excluding hydrogens is 592 g/mol. The number of ether oxygens (including phenoxy) is 1. The normalized spacial score (nSPS) is 28.1. The monoisotopic (exact) mass is 632 g/mol. The zero-order valence-electron chi connectivity index (χ0n) is 26.3. The van der Waals surface area contributed by atoms with Crippen LogP contribution in [0.3, 0.4) is 0 Å². The molecule has 0 bridgehead atoms. The van der Waals surface area contributed by atoms with Crippen LogP contribution in [0.4, 0.5) is 0 Å². The first-order valence-corrected chi connectivity index (χ1v) is 15.4. The van der Waals surface area contributed by atoms with Crippen molar-refractivity contribution >= 4 is 17.6 Å². The molecule has 3 aliphatic carbocycles. The number of hydrogen-bond donors (Lipinski definition) is 6. The van der Waals surface area contributed by atoms with Crippen molar-refractivity contribution in [2.45, 2.75) is 43.1 Å². The van der Waals surface area contributed by atoms with Crippen LogP contribution in [-0.4, -0.2) is 107 Å². The zero-order chi connectivity index (χ0) is 33.3.